The molecule has 0 atom stereocenters. The molecule has 0 amide bonds. The van der Waals surface area contributed by atoms with Gasteiger partial charge in [0.1, 0.15) is 5.84 Å². The van der Waals surface area contributed by atoms with Crippen molar-refractivity contribution in [2.75, 3.05) is 0 Å². The van der Waals surface area contributed by atoms with Crippen LogP contribution in [-0.4, -0.2) is 10.7 Å². The standard InChI is InChI=1S/C11H14N2/c1-5-9-10-13(8-4)11(6-2)12-7-3/h5-10H,1-4H2/b10-9-,12-11-. The van der Waals surface area contributed by atoms with Crippen molar-refractivity contribution < 1.29 is 0 Å². The topological polar surface area (TPSA) is 15.6 Å². The van der Waals surface area contributed by atoms with E-state index in [-0.39, 0.29) is 0 Å². The maximum Gasteiger partial charge on any atom is 0.135 e. The molecular weight excluding hydrogens is 160 g/mol. The van der Waals surface area contributed by atoms with Crippen molar-refractivity contribution in [3.63, 3.8) is 0 Å². The van der Waals surface area contributed by atoms with Crippen molar-refractivity contribution in [3.8, 4) is 0 Å². The van der Waals surface area contributed by atoms with Crippen LogP contribution in [0, 0.1) is 0 Å². The van der Waals surface area contributed by atoms with Crippen LogP contribution < -0.4 is 0 Å². The molecule has 0 rings (SSSR count). The minimum absolute atomic E-state index is 0.670. The smallest absolute Gasteiger partial charge is 0.135 e. The largest absolute Gasteiger partial charge is 0.309 e. The average molecular weight is 174 g/mol. The lowest BCUT2D eigenvalue weighted by Gasteiger charge is -2.13. The van der Waals surface area contributed by atoms with Crippen LogP contribution in [0.3, 0.4) is 0 Å². The van der Waals surface area contributed by atoms with Gasteiger partial charge in [0.05, 0.1) is 0 Å². The van der Waals surface area contributed by atoms with E-state index in [2.05, 4.69) is 31.3 Å². The number of rotatable bonds is 5. The van der Waals surface area contributed by atoms with Crippen molar-refractivity contribution in [2.45, 2.75) is 0 Å². The summed E-state index contributed by atoms with van der Waals surface area (Å²) in [5.74, 6) is 0.670. The predicted octanol–water partition coefficient (Wildman–Crippen LogP) is 2.86. The van der Waals surface area contributed by atoms with Crippen LogP contribution in [-0.2, 0) is 0 Å². The predicted molar refractivity (Wildman–Crippen MR) is 59.2 cm³/mol. The number of allylic oxidation sites excluding steroid dienone is 2. The zero-order chi connectivity index (χ0) is 10.1. The van der Waals surface area contributed by atoms with Crippen LogP contribution in [0.25, 0.3) is 0 Å². The van der Waals surface area contributed by atoms with Crippen molar-refractivity contribution in [3.05, 3.63) is 63.1 Å². The van der Waals surface area contributed by atoms with Gasteiger partial charge in [-0.25, -0.2) is 4.99 Å². The molecule has 0 aliphatic carbocycles. The van der Waals surface area contributed by atoms with Crippen LogP contribution in [0.5, 0.6) is 0 Å². The van der Waals surface area contributed by atoms with Crippen LogP contribution in [0.2, 0.25) is 0 Å². The molecule has 0 bridgehead atoms. The Morgan fingerprint density at radius 3 is 2.23 bits per heavy atom. The van der Waals surface area contributed by atoms with E-state index in [1.54, 1.807) is 35.5 Å². The zero-order valence-electron chi connectivity index (χ0n) is 7.69. The zero-order valence-corrected chi connectivity index (χ0v) is 7.69. The minimum Gasteiger partial charge on any atom is -0.309 e. The van der Waals surface area contributed by atoms with E-state index in [4.69, 9.17) is 0 Å². The van der Waals surface area contributed by atoms with Crippen molar-refractivity contribution >= 4 is 5.84 Å². The van der Waals surface area contributed by atoms with Crippen molar-refractivity contribution in [2.24, 2.45) is 4.99 Å². The highest BCUT2D eigenvalue weighted by atomic mass is 15.1. The van der Waals surface area contributed by atoms with Crippen LogP contribution in [0.1, 0.15) is 0 Å². The molecule has 0 aromatic carbocycles. The van der Waals surface area contributed by atoms with Crippen LogP contribution >= 0.6 is 0 Å². The first-order valence-corrected chi connectivity index (χ1v) is 3.81. The summed E-state index contributed by atoms with van der Waals surface area (Å²) in [6.45, 7) is 14.3. The lowest BCUT2D eigenvalue weighted by molar-refractivity contribution is 0.766. The van der Waals surface area contributed by atoms with Crippen molar-refractivity contribution in [1.82, 2.24) is 4.90 Å². The van der Waals surface area contributed by atoms with E-state index >= 15 is 0 Å². The van der Waals surface area contributed by atoms with Gasteiger partial charge in [-0.2, -0.15) is 0 Å². The Morgan fingerprint density at radius 1 is 1.15 bits per heavy atom. The van der Waals surface area contributed by atoms with Gasteiger partial charge in [-0.3, -0.25) is 0 Å². The van der Waals surface area contributed by atoms with E-state index < -0.39 is 0 Å². The number of amidine groups is 1. The first kappa shape index (κ1) is 11.2. The molecule has 0 saturated heterocycles. The molecule has 0 aromatic rings. The molecule has 13 heavy (non-hydrogen) atoms. The number of nitrogens with zero attached hydrogens (tertiary/aromatic N) is 2. The molecule has 2 nitrogen and oxygen atoms in total. The van der Waals surface area contributed by atoms with Gasteiger partial charge in [-0.05, 0) is 12.2 Å². The Morgan fingerprint density at radius 2 is 1.85 bits per heavy atom. The van der Waals surface area contributed by atoms with Gasteiger partial charge in [0.25, 0.3) is 0 Å². The molecule has 0 unspecified atom stereocenters. The van der Waals surface area contributed by atoms with Crippen molar-refractivity contribution in [1.29, 1.82) is 0 Å². The SMILES string of the molecule is C=C/C=C\N(C=C)/C(C=C)=N\C=C. The molecule has 0 heterocycles. The quantitative estimate of drug-likeness (QED) is 0.355. The Bertz CT molecular complexity index is 259. The fourth-order valence-corrected chi connectivity index (χ4v) is 0.703. The fraction of sp³-hybridized carbons (Fsp3) is 0. The molecule has 0 radical (unpaired) electrons. The maximum atomic E-state index is 4.00. The molecule has 0 aromatic heterocycles. The monoisotopic (exact) mass is 174 g/mol. The Hall–Kier alpha value is -1.83. The lowest BCUT2D eigenvalue weighted by atomic mass is 10.4. The molecule has 0 fully saturated rings. The Balaban J connectivity index is 4.71. The highest BCUT2D eigenvalue weighted by molar-refractivity contribution is 5.94. The van der Waals surface area contributed by atoms with Crippen LogP contribution in [0.4, 0.5) is 0 Å². The lowest BCUT2D eigenvalue weighted by Crippen LogP contribution is -2.16. The summed E-state index contributed by atoms with van der Waals surface area (Å²) in [6.07, 6.45) is 9.94. The van der Waals surface area contributed by atoms with Gasteiger partial charge in [-0.15, -0.1) is 0 Å². The van der Waals surface area contributed by atoms with E-state index in [9.17, 15) is 0 Å². The molecule has 0 aliphatic rings. The highest BCUT2D eigenvalue weighted by Crippen LogP contribution is 1.96. The third-order valence-corrected chi connectivity index (χ3v) is 1.25. The van der Waals surface area contributed by atoms with E-state index in [1.165, 1.54) is 6.20 Å². The molecule has 2 heteroatoms. The summed E-state index contributed by atoms with van der Waals surface area (Å²) in [4.78, 5) is 5.72. The fourth-order valence-electron chi connectivity index (χ4n) is 0.703. The second kappa shape index (κ2) is 6.85. The molecule has 0 aliphatic heterocycles. The summed E-state index contributed by atoms with van der Waals surface area (Å²) in [6, 6.07) is 0. The molecule has 0 saturated carbocycles. The maximum absolute atomic E-state index is 4.00. The van der Waals surface area contributed by atoms with E-state index in [0.717, 1.165) is 0 Å². The van der Waals surface area contributed by atoms with E-state index in [0.29, 0.717) is 5.84 Å². The molecule has 68 valence electrons. The highest BCUT2D eigenvalue weighted by Gasteiger charge is 1.97. The molecular formula is C11H14N2. The number of hydrogen-bond donors (Lipinski definition) is 0. The van der Waals surface area contributed by atoms with Gasteiger partial charge in [0.2, 0.25) is 0 Å². The van der Waals surface area contributed by atoms with Gasteiger partial charge in [0, 0.05) is 18.6 Å². The second-order valence-corrected chi connectivity index (χ2v) is 2.04. The third kappa shape index (κ3) is 3.91. The Labute approximate surface area is 79.6 Å². The molecule has 0 spiro atoms. The third-order valence-electron chi connectivity index (χ3n) is 1.25. The molecule has 0 N–H and O–H groups in total. The van der Waals surface area contributed by atoms with E-state index in [1.807, 2.05) is 0 Å². The van der Waals surface area contributed by atoms with Gasteiger partial charge >= 0.3 is 0 Å². The second-order valence-electron chi connectivity index (χ2n) is 2.04. The summed E-state index contributed by atoms with van der Waals surface area (Å²) in [5, 5.41) is 0. The summed E-state index contributed by atoms with van der Waals surface area (Å²) in [7, 11) is 0. The van der Waals surface area contributed by atoms with Gasteiger partial charge in [0.15, 0.2) is 0 Å². The number of hydrogen-bond acceptors (Lipinski definition) is 1. The Kier molecular flexibility index (Phi) is 5.89. The van der Waals surface area contributed by atoms with Gasteiger partial charge < -0.3 is 4.90 Å². The summed E-state index contributed by atoms with van der Waals surface area (Å²) < 4.78 is 0. The number of aliphatic imine (C=N–C) groups is 1. The van der Waals surface area contributed by atoms with Crippen LogP contribution in [0.15, 0.2) is 68.1 Å². The summed E-state index contributed by atoms with van der Waals surface area (Å²) >= 11 is 0. The minimum atomic E-state index is 0.670. The first-order chi connectivity index (χ1) is 6.29. The average Bonchev–Trinajstić information content (AvgIpc) is 2.17. The normalized spacial score (nSPS) is 10.9. The first-order valence-electron chi connectivity index (χ1n) is 3.81. The van der Waals surface area contributed by atoms with Gasteiger partial charge in [-0.1, -0.05) is 32.4 Å². The summed E-state index contributed by atoms with van der Waals surface area (Å²) in [5.41, 5.74) is 0.